The van der Waals surface area contributed by atoms with Crippen LogP contribution >= 0.6 is 0 Å². The van der Waals surface area contributed by atoms with Gasteiger partial charge < -0.3 is 11.1 Å². The summed E-state index contributed by atoms with van der Waals surface area (Å²) in [5.74, 6) is 0.118. The first-order valence-electron chi connectivity index (χ1n) is 6.23. The van der Waals surface area contributed by atoms with Gasteiger partial charge in [0, 0.05) is 24.7 Å². The van der Waals surface area contributed by atoms with Crippen molar-refractivity contribution in [1.29, 1.82) is 0 Å². The Morgan fingerprint density at radius 1 is 1.50 bits per heavy atom. The summed E-state index contributed by atoms with van der Waals surface area (Å²) in [6.45, 7) is 8.13. The molecule has 0 spiro atoms. The summed E-state index contributed by atoms with van der Waals surface area (Å²) in [5, 5.41) is 3.06. The number of nitrogens with two attached hydrogens (primary N) is 1. The molecule has 0 heterocycles. The van der Waals surface area contributed by atoms with Crippen molar-refractivity contribution in [1.82, 2.24) is 10.2 Å². The Bertz CT molecular complexity index is 236. The summed E-state index contributed by atoms with van der Waals surface area (Å²) in [5.41, 5.74) is 5.45. The third-order valence-electron chi connectivity index (χ3n) is 3.19. The average Bonchev–Trinajstić information content (AvgIpc) is 2.99. The molecule has 1 aliphatic rings. The van der Waals surface area contributed by atoms with Crippen molar-refractivity contribution in [2.45, 2.75) is 51.6 Å². The molecule has 1 aliphatic carbocycles. The third kappa shape index (κ3) is 4.49. The van der Waals surface area contributed by atoms with E-state index >= 15 is 0 Å². The summed E-state index contributed by atoms with van der Waals surface area (Å²) in [6.07, 6.45) is 3.37. The van der Waals surface area contributed by atoms with Crippen molar-refractivity contribution in [3.8, 4) is 0 Å². The van der Waals surface area contributed by atoms with E-state index in [-0.39, 0.29) is 11.4 Å². The lowest BCUT2D eigenvalue weighted by Crippen LogP contribution is -2.48. The molecule has 1 amide bonds. The molecule has 0 radical (unpaired) electrons. The molecule has 4 nitrogen and oxygen atoms in total. The highest BCUT2D eigenvalue weighted by Gasteiger charge is 2.30. The van der Waals surface area contributed by atoms with Gasteiger partial charge in [0.15, 0.2) is 0 Å². The van der Waals surface area contributed by atoms with Gasteiger partial charge in [-0.2, -0.15) is 0 Å². The Labute approximate surface area is 98.6 Å². The lowest BCUT2D eigenvalue weighted by Gasteiger charge is -2.27. The van der Waals surface area contributed by atoms with Gasteiger partial charge >= 0.3 is 0 Å². The van der Waals surface area contributed by atoms with Crippen LogP contribution in [0, 0.1) is 0 Å². The van der Waals surface area contributed by atoms with Crippen LogP contribution in [0.1, 0.15) is 40.0 Å². The Morgan fingerprint density at radius 3 is 2.56 bits per heavy atom. The summed E-state index contributed by atoms with van der Waals surface area (Å²) in [4.78, 5) is 14.0. The summed E-state index contributed by atoms with van der Waals surface area (Å²) in [7, 11) is 0. The topological polar surface area (TPSA) is 58.4 Å². The fraction of sp³-hybridized carbons (Fsp3) is 0.917. The molecular weight excluding hydrogens is 202 g/mol. The van der Waals surface area contributed by atoms with Gasteiger partial charge in [-0.25, -0.2) is 0 Å². The Balaban J connectivity index is 2.36. The van der Waals surface area contributed by atoms with Crippen LogP contribution in [0.15, 0.2) is 0 Å². The fourth-order valence-electron chi connectivity index (χ4n) is 1.69. The number of hydrogen-bond acceptors (Lipinski definition) is 3. The van der Waals surface area contributed by atoms with Gasteiger partial charge in [-0.3, -0.25) is 9.69 Å². The fourth-order valence-corrected chi connectivity index (χ4v) is 1.69. The SMILES string of the molecule is CCC(C)(C)NC(=O)CN(CCN)C1CC1. The molecule has 0 aromatic carbocycles. The molecular formula is C12H25N3O. The van der Waals surface area contributed by atoms with Gasteiger partial charge in [-0.05, 0) is 33.1 Å². The van der Waals surface area contributed by atoms with E-state index in [2.05, 4.69) is 31.0 Å². The highest BCUT2D eigenvalue weighted by molar-refractivity contribution is 5.78. The summed E-state index contributed by atoms with van der Waals surface area (Å²) < 4.78 is 0. The normalized spacial score (nSPS) is 16.6. The van der Waals surface area contributed by atoms with Crippen molar-refractivity contribution in [3.05, 3.63) is 0 Å². The smallest absolute Gasteiger partial charge is 0.234 e. The van der Waals surface area contributed by atoms with Crippen LogP contribution in [0.5, 0.6) is 0 Å². The number of hydrogen-bond donors (Lipinski definition) is 2. The second kappa shape index (κ2) is 5.64. The van der Waals surface area contributed by atoms with Crippen molar-refractivity contribution in [3.63, 3.8) is 0 Å². The van der Waals surface area contributed by atoms with E-state index in [4.69, 9.17) is 5.73 Å². The van der Waals surface area contributed by atoms with E-state index in [0.717, 1.165) is 13.0 Å². The van der Waals surface area contributed by atoms with Gasteiger partial charge in [0.05, 0.1) is 6.54 Å². The van der Waals surface area contributed by atoms with Crippen molar-refractivity contribution in [2.75, 3.05) is 19.6 Å². The van der Waals surface area contributed by atoms with Gasteiger partial charge in [-0.1, -0.05) is 6.92 Å². The van der Waals surface area contributed by atoms with Crippen LogP contribution in [-0.4, -0.2) is 42.0 Å². The predicted molar refractivity (Wildman–Crippen MR) is 66.2 cm³/mol. The van der Waals surface area contributed by atoms with E-state index in [0.29, 0.717) is 19.1 Å². The highest BCUT2D eigenvalue weighted by atomic mass is 16.2. The van der Waals surface area contributed by atoms with Crippen molar-refractivity contribution in [2.24, 2.45) is 5.73 Å². The lowest BCUT2D eigenvalue weighted by atomic mass is 10.0. The van der Waals surface area contributed by atoms with E-state index in [9.17, 15) is 4.79 Å². The third-order valence-corrected chi connectivity index (χ3v) is 3.19. The van der Waals surface area contributed by atoms with Crippen LogP contribution in [-0.2, 0) is 4.79 Å². The van der Waals surface area contributed by atoms with E-state index in [1.807, 2.05) is 0 Å². The van der Waals surface area contributed by atoms with Crippen molar-refractivity contribution < 1.29 is 4.79 Å². The second-order valence-electron chi connectivity index (χ2n) is 5.28. The zero-order chi connectivity index (χ0) is 12.2. The van der Waals surface area contributed by atoms with Gasteiger partial charge in [-0.15, -0.1) is 0 Å². The minimum absolute atomic E-state index is 0.102. The molecule has 1 saturated carbocycles. The standard InChI is InChI=1S/C12H25N3O/c1-4-12(2,3)14-11(16)9-15(8-7-13)10-5-6-10/h10H,4-9,13H2,1-3H3,(H,14,16). The van der Waals surface area contributed by atoms with Gasteiger partial charge in [0.1, 0.15) is 0 Å². The number of nitrogens with one attached hydrogen (secondary N) is 1. The average molecular weight is 227 g/mol. The summed E-state index contributed by atoms with van der Waals surface area (Å²) >= 11 is 0. The van der Waals surface area contributed by atoms with Crippen molar-refractivity contribution >= 4 is 5.91 Å². The maximum atomic E-state index is 11.8. The zero-order valence-electron chi connectivity index (χ0n) is 10.8. The number of nitrogens with zero attached hydrogens (tertiary/aromatic N) is 1. The number of carbonyl (C=O) groups is 1. The van der Waals surface area contributed by atoms with Crippen LogP contribution in [0.25, 0.3) is 0 Å². The van der Waals surface area contributed by atoms with Gasteiger partial charge in [0.25, 0.3) is 0 Å². The quantitative estimate of drug-likeness (QED) is 0.673. The minimum atomic E-state index is -0.102. The Hall–Kier alpha value is -0.610. The van der Waals surface area contributed by atoms with E-state index in [1.54, 1.807) is 0 Å². The van der Waals surface area contributed by atoms with E-state index in [1.165, 1.54) is 12.8 Å². The highest BCUT2D eigenvalue weighted by Crippen LogP contribution is 2.26. The molecule has 1 rings (SSSR count). The molecule has 4 heteroatoms. The molecule has 16 heavy (non-hydrogen) atoms. The Kier molecular flexibility index (Phi) is 4.74. The molecule has 0 atom stereocenters. The second-order valence-corrected chi connectivity index (χ2v) is 5.28. The number of amides is 1. The van der Waals surface area contributed by atoms with E-state index < -0.39 is 0 Å². The van der Waals surface area contributed by atoms with Crippen LogP contribution < -0.4 is 11.1 Å². The maximum absolute atomic E-state index is 11.8. The minimum Gasteiger partial charge on any atom is -0.350 e. The Morgan fingerprint density at radius 2 is 2.12 bits per heavy atom. The monoisotopic (exact) mass is 227 g/mol. The molecule has 0 aliphatic heterocycles. The number of rotatable bonds is 7. The molecule has 0 saturated heterocycles. The maximum Gasteiger partial charge on any atom is 0.234 e. The summed E-state index contributed by atoms with van der Waals surface area (Å²) in [6, 6.07) is 0.596. The largest absolute Gasteiger partial charge is 0.350 e. The first kappa shape index (κ1) is 13.5. The lowest BCUT2D eigenvalue weighted by molar-refractivity contribution is -0.124. The molecule has 0 bridgehead atoms. The zero-order valence-corrected chi connectivity index (χ0v) is 10.8. The molecule has 0 aromatic heterocycles. The van der Waals surface area contributed by atoms with Crippen LogP contribution in [0.4, 0.5) is 0 Å². The first-order chi connectivity index (χ1) is 7.48. The first-order valence-corrected chi connectivity index (χ1v) is 6.23. The van der Waals surface area contributed by atoms with Crippen LogP contribution in [0.2, 0.25) is 0 Å². The van der Waals surface area contributed by atoms with Gasteiger partial charge in [0.2, 0.25) is 5.91 Å². The molecule has 3 N–H and O–H groups in total. The molecule has 0 unspecified atom stereocenters. The molecule has 94 valence electrons. The predicted octanol–water partition coefficient (Wildman–Crippen LogP) is 0.714. The molecule has 1 fully saturated rings. The molecule has 0 aromatic rings. The number of carbonyl (C=O) groups excluding carboxylic acids is 1. The van der Waals surface area contributed by atoms with Crippen LogP contribution in [0.3, 0.4) is 0 Å².